The van der Waals surface area contributed by atoms with Gasteiger partial charge >= 0.3 is 5.97 Å². The van der Waals surface area contributed by atoms with Crippen LogP contribution in [0.1, 0.15) is 104 Å². The lowest BCUT2D eigenvalue weighted by molar-refractivity contribution is -0.141. The first-order valence-electron chi connectivity index (χ1n) is 23.6. The molecule has 7 amide bonds. The van der Waals surface area contributed by atoms with Crippen LogP contribution in [0.25, 0.3) is 11.1 Å². The minimum absolute atomic E-state index is 0.0588. The summed E-state index contributed by atoms with van der Waals surface area (Å²) in [5, 5.41) is 32.0. The second-order valence-corrected chi connectivity index (χ2v) is 18.8. The number of carboxylic acid groups (broad SMARTS) is 1. The van der Waals surface area contributed by atoms with E-state index in [9.17, 15) is 57.8 Å². The third-order valence-electron chi connectivity index (χ3n) is 11.6. The van der Waals surface area contributed by atoms with Gasteiger partial charge in [-0.1, -0.05) is 58.0 Å². The van der Waals surface area contributed by atoms with Gasteiger partial charge in [0, 0.05) is 61.9 Å². The Bertz CT molecular complexity index is 2390. The molecule has 3 rings (SSSR count). The van der Waals surface area contributed by atoms with Gasteiger partial charge in [-0.05, 0) is 74.4 Å². The molecule has 20 nitrogen and oxygen atoms in total. The number of hydrogen-bond donors (Lipinski definition) is 9. The number of carboxylic acids is 1. The molecule has 1 heterocycles. The fraction of sp³-hybridized carbons (Fsp3) is 0.500. The van der Waals surface area contributed by atoms with Crippen molar-refractivity contribution < 1.29 is 62.1 Å². The van der Waals surface area contributed by atoms with Gasteiger partial charge in [-0.25, -0.2) is 8.78 Å². The number of aliphatic hydroxyl groups is 1. The number of carbonyl (C=O) groups is 9. The van der Waals surface area contributed by atoms with Crippen LogP contribution in [0.2, 0.25) is 0 Å². The van der Waals surface area contributed by atoms with Crippen LogP contribution in [0.15, 0.2) is 60.8 Å². The van der Waals surface area contributed by atoms with Gasteiger partial charge in [0.15, 0.2) is 5.78 Å². The molecule has 11 N–H and O–H groups in total. The lowest BCUT2D eigenvalue weighted by Gasteiger charge is -2.41. The van der Waals surface area contributed by atoms with E-state index < -0.39 is 139 Å². The maximum atomic E-state index is 15.3. The molecule has 1 aromatic heterocycles. The van der Waals surface area contributed by atoms with Crippen molar-refractivity contribution in [3.63, 3.8) is 0 Å². The summed E-state index contributed by atoms with van der Waals surface area (Å²) in [6.07, 6.45) is 0.877. The number of nitrogens with two attached hydrogens (primary N) is 2. The number of primary amides is 1. The predicted molar refractivity (Wildman–Crippen MR) is 261 cm³/mol. The molecule has 0 fully saturated rings. The van der Waals surface area contributed by atoms with Gasteiger partial charge in [0.25, 0.3) is 0 Å². The van der Waals surface area contributed by atoms with Gasteiger partial charge in [0.05, 0.1) is 24.9 Å². The summed E-state index contributed by atoms with van der Waals surface area (Å²) in [6, 6.07) is 7.45. The van der Waals surface area contributed by atoms with E-state index in [1.807, 2.05) is 30.3 Å². The first-order chi connectivity index (χ1) is 33.9. The van der Waals surface area contributed by atoms with Gasteiger partial charge in [-0.15, -0.1) is 0 Å². The molecule has 0 saturated heterocycles. The van der Waals surface area contributed by atoms with Crippen LogP contribution in [0.3, 0.4) is 0 Å². The van der Waals surface area contributed by atoms with Crippen LogP contribution in [0.5, 0.6) is 0 Å². The monoisotopic (exact) mass is 1010 g/mol. The molecule has 0 saturated carbocycles. The van der Waals surface area contributed by atoms with Crippen LogP contribution in [-0.4, -0.2) is 123 Å². The van der Waals surface area contributed by atoms with Crippen molar-refractivity contribution in [2.45, 2.75) is 123 Å². The molecule has 22 heteroatoms. The number of ketones is 1. The molecule has 0 unspecified atom stereocenters. The highest BCUT2D eigenvalue weighted by molar-refractivity contribution is 5.97. The number of halogens is 2. The Balaban J connectivity index is 1.96. The summed E-state index contributed by atoms with van der Waals surface area (Å²) in [5.41, 5.74) is 11.6. The predicted octanol–water partition coefficient (Wildman–Crippen LogP) is 1.95. The van der Waals surface area contributed by atoms with Crippen LogP contribution in [0, 0.1) is 23.0 Å². The Labute approximate surface area is 417 Å². The number of carbonyl (C=O) groups excluding carboxylic acids is 8. The minimum Gasteiger partial charge on any atom is -0.481 e. The van der Waals surface area contributed by atoms with E-state index in [1.165, 1.54) is 25.7 Å². The zero-order chi connectivity index (χ0) is 53.9. The van der Waals surface area contributed by atoms with Gasteiger partial charge in [-0.2, -0.15) is 0 Å². The molecule has 2 aromatic carbocycles. The molecule has 0 radical (unpaired) electrons. The highest BCUT2D eigenvalue weighted by Gasteiger charge is 2.39. The third-order valence-corrected chi connectivity index (χ3v) is 11.6. The van der Waals surface area contributed by atoms with E-state index in [-0.39, 0.29) is 37.2 Å². The summed E-state index contributed by atoms with van der Waals surface area (Å²) in [5.74, 6) is -10.2. The number of nitrogens with one attached hydrogen (secondary N) is 5. The maximum absolute atomic E-state index is 15.3. The fourth-order valence-electron chi connectivity index (χ4n) is 8.02. The lowest BCUT2D eigenvalue weighted by Crippen LogP contribution is -2.56. The average molecular weight is 1010 g/mol. The van der Waals surface area contributed by atoms with Gasteiger partial charge in [-0.3, -0.25) is 43.2 Å². The molecule has 0 spiro atoms. The summed E-state index contributed by atoms with van der Waals surface area (Å²) in [7, 11) is 0. The number of aliphatic carboxylic acids is 1. The molecule has 3 aromatic rings. The lowest BCUT2D eigenvalue weighted by atomic mass is 9.82. The second kappa shape index (κ2) is 28.1. The molecule has 0 aliphatic carbocycles. The number of hydrogen-bond acceptors (Lipinski definition) is 11. The Morgan fingerprint density at radius 1 is 0.792 bits per heavy atom. The molecule has 0 aliphatic rings. The first kappa shape index (κ1) is 59.2. The van der Waals surface area contributed by atoms with E-state index in [0.717, 1.165) is 23.8 Å². The number of aliphatic hydroxyl groups excluding tert-OH is 1. The van der Waals surface area contributed by atoms with Crippen molar-refractivity contribution in [1.29, 1.82) is 0 Å². The zero-order valence-corrected chi connectivity index (χ0v) is 41.6. The molecular formula is C50H69F2N9O11. The Kier molecular flexibility index (Phi) is 23.1. The highest BCUT2D eigenvalue weighted by atomic mass is 19.1. The average Bonchev–Trinajstić information content (AvgIpc) is 3.70. The summed E-state index contributed by atoms with van der Waals surface area (Å²) >= 11 is 0. The number of nitrogens with zero attached hydrogens (tertiary/aromatic N) is 2. The third kappa shape index (κ3) is 18.6. The number of benzene rings is 2. The highest BCUT2D eigenvalue weighted by Crippen LogP contribution is 2.41. The number of aromatic nitrogens is 1. The first-order valence-corrected chi connectivity index (χ1v) is 23.6. The SMILES string of the molecule is CC(=O)N[C@@H](CCCCN)C(=O)N[C@@H](C)C(=O)C[C@@H](C)C(=O)N[C@@H](CC(N)=O)C(=O)N[C@@H](CCN(C(=O)CO)[C@@H](c1cc(-c2cc(F)ccc2F)cn1Cc1ccccc1)C(C)(C)C)C(=O)NCCC(=O)O. The van der Waals surface area contributed by atoms with Crippen LogP contribution in [0.4, 0.5) is 8.78 Å². The minimum atomic E-state index is -1.72. The normalized spacial score (nSPS) is 13.8. The van der Waals surface area contributed by atoms with Gasteiger partial charge in [0.1, 0.15) is 36.4 Å². The van der Waals surface area contributed by atoms with Crippen molar-refractivity contribution in [2.75, 3.05) is 26.2 Å². The summed E-state index contributed by atoms with van der Waals surface area (Å²) in [4.78, 5) is 118. The Morgan fingerprint density at radius 2 is 1.43 bits per heavy atom. The Morgan fingerprint density at radius 3 is 2.03 bits per heavy atom. The quantitative estimate of drug-likeness (QED) is 0.0451. The molecule has 6 atom stereocenters. The molecular weight excluding hydrogens is 941 g/mol. The number of amides is 7. The van der Waals surface area contributed by atoms with Gasteiger partial charge < -0.3 is 57.7 Å². The maximum Gasteiger partial charge on any atom is 0.305 e. The van der Waals surface area contributed by atoms with Crippen LogP contribution < -0.4 is 38.1 Å². The van der Waals surface area contributed by atoms with E-state index in [1.54, 1.807) is 37.6 Å². The molecule has 0 bridgehead atoms. The topological polar surface area (TPSA) is 314 Å². The second-order valence-electron chi connectivity index (χ2n) is 18.8. The number of Topliss-reactive ketones (excluding diaryl/α,β-unsaturated/α-hetero) is 1. The number of unbranched alkanes of at least 4 members (excludes halogenated alkanes) is 1. The zero-order valence-electron chi connectivity index (χ0n) is 41.6. The molecule has 394 valence electrons. The summed E-state index contributed by atoms with van der Waals surface area (Å²) in [6.45, 7) is 8.22. The number of rotatable bonds is 29. The standard InChI is InChI=1S/C50H69F2N9O11/c1-29(22-41(64)30(2)56-48(71)37(57-31(3)63)14-10-11-19-53)46(69)59-39(25-42(54)65)49(72)58-38(47(70)55-20-17-44(67)68)18-21-61(43(66)28-62)45(50(4,5)6)40-23-33(35-24-34(51)15-16-36(35)52)27-60(40)26-32-12-8-7-9-13-32/h7-9,12-13,15-16,23-24,27,29-30,37-39,45,62H,10-11,14,17-22,25-26,28,53H2,1-6H3,(H2,54,65)(H,55,70)(H,56,71)(H,57,63)(H,58,72)(H,59,69)(H,67,68)/t29-,30+,37+,38+,39+,45+/m1/s1. The molecule has 72 heavy (non-hydrogen) atoms. The van der Waals surface area contributed by atoms with Crippen molar-refractivity contribution >= 4 is 53.1 Å². The van der Waals surface area contributed by atoms with Gasteiger partial charge in [0.2, 0.25) is 41.4 Å². The van der Waals surface area contributed by atoms with Crippen molar-refractivity contribution in [2.24, 2.45) is 22.8 Å². The van der Waals surface area contributed by atoms with Crippen molar-refractivity contribution in [3.05, 3.63) is 83.7 Å². The smallest absolute Gasteiger partial charge is 0.305 e. The fourth-order valence-corrected chi connectivity index (χ4v) is 8.02. The van der Waals surface area contributed by atoms with Crippen LogP contribution >= 0.6 is 0 Å². The van der Waals surface area contributed by atoms with E-state index in [2.05, 4.69) is 26.6 Å². The Hall–Kier alpha value is -7.07. The van der Waals surface area contributed by atoms with Crippen molar-refractivity contribution in [1.82, 2.24) is 36.1 Å². The van der Waals surface area contributed by atoms with Crippen LogP contribution in [-0.2, 0) is 49.7 Å². The largest absolute Gasteiger partial charge is 0.481 e. The molecule has 0 aliphatic heterocycles. The van der Waals surface area contributed by atoms with E-state index >= 15 is 4.39 Å². The summed E-state index contributed by atoms with van der Waals surface area (Å²) < 4.78 is 31.6. The van der Waals surface area contributed by atoms with E-state index in [4.69, 9.17) is 11.5 Å². The van der Waals surface area contributed by atoms with E-state index in [0.29, 0.717) is 25.1 Å². The van der Waals surface area contributed by atoms with Crippen molar-refractivity contribution in [3.8, 4) is 11.1 Å².